The zero-order valence-corrected chi connectivity index (χ0v) is 16.4. The highest BCUT2D eigenvalue weighted by atomic mass is 35.5. The van der Waals surface area contributed by atoms with Crippen molar-refractivity contribution in [3.05, 3.63) is 62.6 Å². The van der Waals surface area contributed by atoms with Gasteiger partial charge in [-0.15, -0.1) is 11.3 Å². The van der Waals surface area contributed by atoms with Crippen molar-refractivity contribution < 1.29 is 9.53 Å². The van der Waals surface area contributed by atoms with Gasteiger partial charge in [0.05, 0.1) is 16.3 Å². The first-order valence-electron chi connectivity index (χ1n) is 8.28. The third kappa shape index (κ3) is 4.26. The van der Waals surface area contributed by atoms with E-state index in [9.17, 15) is 4.79 Å². The number of aryl methyl sites for hydroxylation is 3. The molecule has 3 aromatic rings. The number of rotatable bonds is 6. The predicted molar refractivity (Wildman–Crippen MR) is 105 cm³/mol. The maximum atomic E-state index is 12.4. The molecule has 0 atom stereocenters. The number of nitrogens with zero attached hydrogens (tertiary/aromatic N) is 2. The highest BCUT2D eigenvalue weighted by molar-refractivity contribution is 7.12. The van der Waals surface area contributed by atoms with E-state index in [0.717, 1.165) is 34.8 Å². The number of nitrogens with one attached hydrogen (secondary N) is 1. The first-order valence-corrected chi connectivity index (χ1v) is 9.53. The maximum Gasteiger partial charge on any atom is 0.265 e. The van der Waals surface area contributed by atoms with E-state index in [0.29, 0.717) is 16.5 Å². The molecule has 1 amide bonds. The van der Waals surface area contributed by atoms with Crippen molar-refractivity contribution in [3.63, 3.8) is 0 Å². The minimum absolute atomic E-state index is 0.137. The summed E-state index contributed by atoms with van der Waals surface area (Å²) in [6.07, 6.45) is 1.84. The Kier molecular flexibility index (Phi) is 5.64. The van der Waals surface area contributed by atoms with Gasteiger partial charge in [0.2, 0.25) is 0 Å². The second-order valence-corrected chi connectivity index (χ2v) is 7.28. The van der Waals surface area contributed by atoms with Crippen LogP contribution in [0.15, 0.2) is 35.8 Å². The molecule has 0 unspecified atom stereocenters. The van der Waals surface area contributed by atoms with Crippen LogP contribution in [-0.4, -0.2) is 15.7 Å². The molecule has 2 aromatic heterocycles. The van der Waals surface area contributed by atoms with Gasteiger partial charge in [-0.3, -0.25) is 9.48 Å². The Morgan fingerprint density at radius 2 is 2.15 bits per heavy atom. The van der Waals surface area contributed by atoms with Crippen LogP contribution >= 0.6 is 22.9 Å². The first-order chi connectivity index (χ1) is 12.5. The number of ether oxygens (including phenoxy) is 1. The molecule has 3 rings (SSSR count). The van der Waals surface area contributed by atoms with E-state index < -0.39 is 0 Å². The molecule has 136 valence electrons. The highest BCUT2D eigenvalue weighted by Crippen LogP contribution is 2.23. The molecule has 0 aliphatic heterocycles. The van der Waals surface area contributed by atoms with Crippen molar-refractivity contribution in [3.8, 4) is 5.75 Å². The van der Waals surface area contributed by atoms with Gasteiger partial charge < -0.3 is 10.1 Å². The van der Waals surface area contributed by atoms with Crippen molar-refractivity contribution in [1.82, 2.24) is 9.78 Å². The van der Waals surface area contributed by atoms with Gasteiger partial charge >= 0.3 is 0 Å². The number of halogens is 1. The molecule has 7 heteroatoms. The summed E-state index contributed by atoms with van der Waals surface area (Å²) >= 11 is 7.42. The van der Waals surface area contributed by atoms with E-state index in [4.69, 9.17) is 16.3 Å². The number of carbonyl (C=O) groups is 1. The summed E-state index contributed by atoms with van der Waals surface area (Å²) in [6, 6.07) is 7.40. The predicted octanol–water partition coefficient (Wildman–Crippen LogP) is 5.07. The number of hydrogen-bond donors (Lipinski definition) is 1. The maximum absolute atomic E-state index is 12.4. The number of aromatic nitrogens is 2. The van der Waals surface area contributed by atoms with E-state index in [-0.39, 0.29) is 5.91 Å². The molecule has 0 spiro atoms. The Balaban J connectivity index is 1.62. The van der Waals surface area contributed by atoms with Gasteiger partial charge in [-0.25, -0.2) is 0 Å². The summed E-state index contributed by atoms with van der Waals surface area (Å²) in [5.74, 6) is 0.619. The summed E-state index contributed by atoms with van der Waals surface area (Å²) in [7, 11) is 0. The van der Waals surface area contributed by atoms with Crippen LogP contribution in [0.25, 0.3) is 0 Å². The summed E-state index contributed by atoms with van der Waals surface area (Å²) in [5.41, 5.74) is 3.46. The normalized spacial score (nSPS) is 10.8. The fraction of sp³-hybridized carbons (Fsp3) is 0.263. The molecule has 0 saturated carbocycles. The van der Waals surface area contributed by atoms with E-state index in [1.54, 1.807) is 4.68 Å². The van der Waals surface area contributed by atoms with Gasteiger partial charge in [0.1, 0.15) is 12.4 Å². The van der Waals surface area contributed by atoms with Crippen molar-refractivity contribution in [2.24, 2.45) is 0 Å². The third-order valence-corrected chi connectivity index (χ3v) is 5.33. The van der Waals surface area contributed by atoms with Crippen LogP contribution in [0.2, 0.25) is 5.02 Å². The minimum Gasteiger partial charge on any atom is -0.489 e. The molecule has 1 aromatic carbocycles. The average molecular weight is 390 g/mol. The van der Waals surface area contributed by atoms with E-state index in [2.05, 4.69) is 10.4 Å². The average Bonchev–Trinajstić information content (AvgIpc) is 3.23. The number of carbonyl (C=O) groups excluding carboxylic acids is 1. The Bertz CT molecular complexity index is 933. The van der Waals surface area contributed by atoms with Gasteiger partial charge in [-0.05, 0) is 56.0 Å². The molecule has 1 N–H and O–H groups in total. The van der Waals surface area contributed by atoms with Gasteiger partial charge in [0, 0.05) is 23.3 Å². The van der Waals surface area contributed by atoms with Crippen LogP contribution in [0.5, 0.6) is 5.75 Å². The summed E-state index contributed by atoms with van der Waals surface area (Å²) in [5, 5.41) is 9.89. The van der Waals surface area contributed by atoms with Crippen LogP contribution in [0, 0.1) is 13.8 Å². The zero-order valence-electron chi connectivity index (χ0n) is 14.9. The molecular weight excluding hydrogens is 370 g/mol. The van der Waals surface area contributed by atoms with Crippen molar-refractivity contribution in [1.29, 1.82) is 0 Å². The first kappa shape index (κ1) is 18.5. The van der Waals surface area contributed by atoms with Crippen molar-refractivity contribution in [2.45, 2.75) is 33.9 Å². The molecule has 2 heterocycles. The van der Waals surface area contributed by atoms with Crippen LogP contribution < -0.4 is 10.1 Å². The SMILES string of the molecule is CCn1cc(NC(=O)c2cc(COc3ccc(Cl)c(C)c3)cs2)c(C)n1. The molecule has 0 bridgehead atoms. The molecule has 0 saturated heterocycles. The lowest BCUT2D eigenvalue weighted by molar-refractivity contribution is 0.103. The molecular formula is C19H20ClN3O2S. The van der Waals surface area contributed by atoms with Crippen molar-refractivity contribution in [2.75, 3.05) is 5.32 Å². The minimum atomic E-state index is -0.137. The van der Waals surface area contributed by atoms with Crippen LogP contribution in [-0.2, 0) is 13.2 Å². The van der Waals surface area contributed by atoms with Crippen LogP contribution in [0.4, 0.5) is 5.69 Å². The smallest absolute Gasteiger partial charge is 0.265 e. The fourth-order valence-electron chi connectivity index (χ4n) is 2.43. The van der Waals surface area contributed by atoms with Crippen molar-refractivity contribution >= 4 is 34.5 Å². The Labute approximate surface area is 161 Å². The second kappa shape index (κ2) is 7.93. The zero-order chi connectivity index (χ0) is 18.7. The van der Waals surface area contributed by atoms with Gasteiger partial charge in [-0.2, -0.15) is 5.10 Å². The lowest BCUT2D eigenvalue weighted by atomic mass is 10.2. The van der Waals surface area contributed by atoms with E-state index in [1.807, 2.05) is 56.6 Å². The Morgan fingerprint density at radius 3 is 2.85 bits per heavy atom. The molecule has 5 nitrogen and oxygen atoms in total. The number of anilines is 1. The van der Waals surface area contributed by atoms with Gasteiger partial charge in [-0.1, -0.05) is 11.6 Å². The number of amides is 1. The second-order valence-electron chi connectivity index (χ2n) is 5.96. The Morgan fingerprint density at radius 1 is 1.35 bits per heavy atom. The standard InChI is InChI=1S/C19H20ClN3O2S/c1-4-23-9-17(13(3)22-23)21-19(24)18-8-14(11-26-18)10-25-15-5-6-16(20)12(2)7-15/h5-9,11H,4,10H2,1-3H3,(H,21,24). The molecule has 0 aliphatic rings. The van der Waals surface area contributed by atoms with E-state index in [1.165, 1.54) is 11.3 Å². The molecule has 0 radical (unpaired) electrons. The van der Waals surface area contributed by atoms with Crippen LogP contribution in [0.3, 0.4) is 0 Å². The van der Waals surface area contributed by atoms with Gasteiger partial charge in [0.15, 0.2) is 0 Å². The topological polar surface area (TPSA) is 56.2 Å². The lowest BCUT2D eigenvalue weighted by Crippen LogP contribution is -2.10. The number of benzene rings is 1. The van der Waals surface area contributed by atoms with Gasteiger partial charge in [0.25, 0.3) is 5.91 Å². The highest BCUT2D eigenvalue weighted by Gasteiger charge is 2.13. The van der Waals surface area contributed by atoms with E-state index >= 15 is 0 Å². The summed E-state index contributed by atoms with van der Waals surface area (Å²) in [4.78, 5) is 13.1. The number of hydrogen-bond acceptors (Lipinski definition) is 4. The fourth-order valence-corrected chi connectivity index (χ4v) is 3.34. The third-order valence-electron chi connectivity index (χ3n) is 3.93. The molecule has 0 aliphatic carbocycles. The summed E-state index contributed by atoms with van der Waals surface area (Å²) in [6.45, 7) is 6.99. The van der Waals surface area contributed by atoms with Crippen LogP contribution in [0.1, 0.15) is 33.4 Å². The largest absolute Gasteiger partial charge is 0.489 e. The lowest BCUT2D eigenvalue weighted by Gasteiger charge is -2.06. The molecule has 26 heavy (non-hydrogen) atoms. The quantitative estimate of drug-likeness (QED) is 0.640. The molecule has 0 fully saturated rings. The number of thiophene rings is 1. The monoisotopic (exact) mass is 389 g/mol. The summed E-state index contributed by atoms with van der Waals surface area (Å²) < 4.78 is 7.58. The Hall–Kier alpha value is -2.31.